The molecule has 3 nitrogen and oxygen atoms in total. The average Bonchev–Trinajstić information content (AvgIpc) is 2.77. The van der Waals surface area contributed by atoms with E-state index in [2.05, 4.69) is 19.9 Å². The van der Waals surface area contributed by atoms with Crippen LogP contribution >= 0.6 is 0 Å². The lowest BCUT2D eigenvalue weighted by atomic mass is 10.1. The summed E-state index contributed by atoms with van der Waals surface area (Å²) >= 11 is 0. The lowest BCUT2D eigenvalue weighted by Gasteiger charge is -2.10. The van der Waals surface area contributed by atoms with Gasteiger partial charge in [-0.2, -0.15) is 0 Å². The molecule has 19 heavy (non-hydrogen) atoms. The van der Waals surface area contributed by atoms with Crippen molar-refractivity contribution in [3.8, 4) is 0 Å². The van der Waals surface area contributed by atoms with Crippen LogP contribution in [0.25, 0.3) is 11.0 Å². The minimum Gasteiger partial charge on any atom is -0.459 e. The third-order valence-corrected chi connectivity index (χ3v) is 3.40. The lowest BCUT2D eigenvalue weighted by molar-refractivity contribution is 0.0890. The van der Waals surface area contributed by atoms with Crippen molar-refractivity contribution >= 4 is 11.0 Å². The smallest absolute Gasteiger partial charge is 0.134 e. The van der Waals surface area contributed by atoms with E-state index in [9.17, 15) is 0 Å². The summed E-state index contributed by atoms with van der Waals surface area (Å²) in [5.74, 6) is 1.44. The maximum atomic E-state index is 5.83. The number of benzene rings is 1. The second kappa shape index (κ2) is 6.73. The zero-order chi connectivity index (χ0) is 13.7. The van der Waals surface area contributed by atoms with Crippen LogP contribution in [0.4, 0.5) is 0 Å². The third-order valence-electron chi connectivity index (χ3n) is 3.40. The first-order valence-corrected chi connectivity index (χ1v) is 7.03. The molecule has 0 aliphatic carbocycles. The Morgan fingerprint density at radius 1 is 1.32 bits per heavy atom. The Hall–Kier alpha value is -1.32. The first-order chi connectivity index (χ1) is 9.26. The normalized spacial score (nSPS) is 13.0. The van der Waals surface area contributed by atoms with Gasteiger partial charge in [-0.3, -0.25) is 0 Å². The minimum atomic E-state index is 0.415. The Balaban J connectivity index is 2.06. The molecule has 0 saturated carbocycles. The summed E-state index contributed by atoms with van der Waals surface area (Å²) in [4.78, 5) is 0. The molecule has 104 valence electrons. The highest BCUT2D eigenvalue weighted by atomic mass is 16.5. The van der Waals surface area contributed by atoms with E-state index in [1.165, 1.54) is 12.8 Å². The molecular formula is C16H23NO2. The van der Waals surface area contributed by atoms with E-state index in [1.54, 1.807) is 0 Å². The van der Waals surface area contributed by atoms with Gasteiger partial charge in [0, 0.05) is 17.6 Å². The monoisotopic (exact) mass is 261 g/mol. The molecule has 0 spiro atoms. The predicted molar refractivity (Wildman–Crippen MR) is 77.8 cm³/mol. The summed E-state index contributed by atoms with van der Waals surface area (Å²) in [7, 11) is 0. The van der Waals surface area contributed by atoms with Crippen molar-refractivity contribution in [2.24, 2.45) is 11.7 Å². The van der Waals surface area contributed by atoms with Crippen LogP contribution in [0.3, 0.4) is 0 Å². The lowest BCUT2D eigenvalue weighted by Crippen LogP contribution is -2.07. The Morgan fingerprint density at radius 3 is 2.84 bits per heavy atom. The van der Waals surface area contributed by atoms with Crippen LogP contribution in [0, 0.1) is 5.92 Å². The molecule has 2 rings (SSSR count). The molecule has 0 amide bonds. The number of rotatable bonds is 7. The molecule has 1 aromatic carbocycles. The fraction of sp³-hybridized carbons (Fsp3) is 0.500. The standard InChI is InChI=1S/C16H23NO2/c1-3-6-12(2)10-18-11-14-13-7-4-5-8-15(13)19-16(14)9-17/h4-5,7-8,12H,3,6,9-11,17H2,1-2H3. The quantitative estimate of drug-likeness (QED) is 0.823. The van der Waals surface area contributed by atoms with Gasteiger partial charge >= 0.3 is 0 Å². The van der Waals surface area contributed by atoms with Crippen LogP contribution in [-0.2, 0) is 17.9 Å². The average molecular weight is 261 g/mol. The van der Waals surface area contributed by atoms with Gasteiger partial charge in [0.05, 0.1) is 13.2 Å². The van der Waals surface area contributed by atoms with Crippen molar-refractivity contribution in [1.29, 1.82) is 0 Å². The summed E-state index contributed by atoms with van der Waals surface area (Å²) in [6, 6.07) is 8.02. The Morgan fingerprint density at radius 2 is 2.11 bits per heavy atom. The van der Waals surface area contributed by atoms with Crippen molar-refractivity contribution < 1.29 is 9.15 Å². The molecule has 2 aromatic rings. The zero-order valence-electron chi connectivity index (χ0n) is 11.8. The summed E-state index contributed by atoms with van der Waals surface area (Å²) in [6.07, 6.45) is 2.41. The van der Waals surface area contributed by atoms with Gasteiger partial charge in [-0.15, -0.1) is 0 Å². The highest BCUT2D eigenvalue weighted by molar-refractivity contribution is 5.82. The molecule has 0 aliphatic rings. The molecule has 0 bridgehead atoms. The Labute approximate surface area is 114 Å². The SMILES string of the molecule is CCCC(C)COCc1c(CN)oc2ccccc12. The van der Waals surface area contributed by atoms with Gasteiger partial charge in [-0.1, -0.05) is 38.5 Å². The molecule has 3 heteroatoms. The zero-order valence-corrected chi connectivity index (χ0v) is 11.8. The van der Waals surface area contributed by atoms with Crippen LogP contribution in [0.5, 0.6) is 0 Å². The fourth-order valence-electron chi connectivity index (χ4n) is 2.41. The summed E-state index contributed by atoms with van der Waals surface area (Å²) in [6.45, 7) is 6.21. The van der Waals surface area contributed by atoms with E-state index in [1.807, 2.05) is 18.2 Å². The second-order valence-corrected chi connectivity index (χ2v) is 5.11. The number of hydrogen-bond acceptors (Lipinski definition) is 3. The van der Waals surface area contributed by atoms with Gasteiger partial charge in [0.15, 0.2) is 0 Å². The van der Waals surface area contributed by atoms with E-state index in [-0.39, 0.29) is 0 Å². The van der Waals surface area contributed by atoms with E-state index in [0.717, 1.165) is 28.9 Å². The molecule has 1 heterocycles. The van der Waals surface area contributed by atoms with Gasteiger partial charge in [0.25, 0.3) is 0 Å². The molecule has 2 N–H and O–H groups in total. The van der Waals surface area contributed by atoms with Gasteiger partial charge in [0.2, 0.25) is 0 Å². The van der Waals surface area contributed by atoms with Crippen LogP contribution < -0.4 is 5.73 Å². The van der Waals surface area contributed by atoms with Crippen molar-refractivity contribution in [2.75, 3.05) is 6.61 Å². The largest absolute Gasteiger partial charge is 0.459 e. The van der Waals surface area contributed by atoms with Gasteiger partial charge < -0.3 is 14.9 Å². The summed E-state index contributed by atoms with van der Waals surface area (Å²) in [5.41, 5.74) is 7.74. The maximum Gasteiger partial charge on any atom is 0.134 e. The van der Waals surface area contributed by atoms with Gasteiger partial charge in [-0.25, -0.2) is 0 Å². The Kier molecular flexibility index (Phi) is 5.00. The number of furan rings is 1. The number of nitrogens with two attached hydrogens (primary N) is 1. The van der Waals surface area contributed by atoms with E-state index in [4.69, 9.17) is 14.9 Å². The number of hydrogen-bond donors (Lipinski definition) is 1. The predicted octanol–water partition coefficient (Wildman–Crippen LogP) is 3.84. The van der Waals surface area contributed by atoms with E-state index >= 15 is 0 Å². The molecular weight excluding hydrogens is 238 g/mol. The number of ether oxygens (including phenoxy) is 1. The van der Waals surface area contributed by atoms with Crippen molar-refractivity contribution in [2.45, 2.75) is 39.8 Å². The first-order valence-electron chi connectivity index (χ1n) is 7.03. The van der Waals surface area contributed by atoms with Crippen LogP contribution in [-0.4, -0.2) is 6.61 Å². The molecule has 1 atom stereocenters. The van der Waals surface area contributed by atoms with Gasteiger partial charge in [-0.05, 0) is 18.4 Å². The number of para-hydroxylation sites is 1. The van der Waals surface area contributed by atoms with Crippen LogP contribution in [0.15, 0.2) is 28.7 Å². The molecule has 0 fully saturated rings. The second-order valence-electron chi connectivity index (χ2n) is 5.11. The maximum absolute atomic E-state index is 5.83. The van der Waals surface area contributed by atoms with Crippen LogP contribution in [0.1, 0.15) is 38.0 Å². The van der Waals surface area contributed by atoms with Crippen molar-refractivity contribution in [1.82, 2.24) is 0 Å². The van der Waals surface area contributed by atoms with Crippen LogP contribution in [0.2, 0.25) is 0 Å². The van der Waals surface area contributed by atoms with Crippen molar-refractivity contribution in [3.63, 3.8) is 0 Å². The first kappa shape index (κ1) is 14.1. The molecule has 1 aromatic heterocycles. The Bertz CT molecular complexity index is 518. The minimum absolute atomic E-state index is 0.415. The summed E-state index contributed by atoms with van der Waals surface area (Å²) in [5, 5.41) is 1.12. The van der Waals surface area contributed by atoms with Gasteiger partial charge in [0.1, 0.15) is 11.3 Å². The molecule has 1 unspecified atom stereocenters. The summed E-state index contributed by atoms with van der Waals surface area (Å²) < 4.78 is 11.6. The highest BCUT2D eigenvalue weighted by Gasteiger charge is 2.13. The van der Waals surface area contributed by atoms with E-state index < -0.39 is 0 Å². The third kappa shape index (κ3) is 3.37. The fourth-order valence-corrected chi connectivity index (χ4v) is 2.41. The topological polar surface area (TPSA) is 48.4 Å². The molecule has 0 radical (unpaired) electrons. The molecule has 0 saturated heterocycles. The van der Waals surface area contributed by atoms with E-state index in [0.29, 0.717) is 19.1 Å². The highest BCUT2D eigenvalue weighted by Crippen LogP contribution is 2.26. The number of fused-ring (bicyclic) bond motifs is 1. The van der Waals surface area contributed by atoms with Crippen molar-refractivity contribution in [3.05, 3.63) is 35.6 Å². The molecule has 0 aliphatic heterocycles.